The van der Waals surface area contributed by atoms with E-state index in [1.807, 2.05) is 0 Å². The zero-order valence-electron chi connectivity index (χ0n) is 9.45. The van der Waals surface area contributed by atoms with Gasteiger partial charge in [-0.1, -0.05) is 0 Å². The summed E-state index contributed by atoms with van der Waals surface area (Å²) >= 11 is 1.41. The third kappa shape index (κ3) is 5.22. The molecule has 17 heavy (non-hydrogen) atoms. The van der Waals surface area contributed by atoms with Gasteiger partial charge in [0.25, 0.3) is 0 Å². The number of methoxy groups -OCH3 is 1. The van der Waals surface area contributed by atoms with E-state index in [0.717, 1.165) is 11.4 Å². The fourth-order valence-electron chi connectivity index (χ4n) is 1.08. The van der Waals surface area contributed by atoms with Gasteiger partial charge >= 0.3 is 5.51 Å². The van der Waals surface area contributed by atoms with Gasteiger partial charge in [-0.2, -0.15) is 24.9 Å². The molecule has 0 saturated carbocycles. The smallest absolute Gasteiger partial charge is 0.384 e. The Kier molecular flexibility index (Phi) is 5.68. The number of aromatic nitrogens is 2. The van der Waals surface area contributed by atoms with Crippen molar-refractivity contribution in [3.05, 3.63) is 11.9 Å². The van der Waals surface area contributed by atoms with E-state index in [9.17, 15) is 13.2 Å². The van der Waals surface area contributed by atoms with Crippen LogP contribution in [0.4, 0.5) is 13.2 Å². The van der Waals surface area contributed by atoms with Gasteiger partial charge in [-0.05, 0) is 0 Å². The lowest BCUT2D eigenvalue weighted by Crippen LogP contribution is -2.04. The molecule has 1 aromatic heterocycles. The summed E-state index contributed by atoms with van der Waals surface area (Å²) in [5.74, 6) is 1.44. The van der Waals surface area contributed by atoms with E-state index in [0.29, 0.717) is 12.4 Å². The van der Waals surface area contributed by atoms with Crippen molar-refractivity contribution in [2.45, 2.75) is 16.4 Å². The van der Waals surface area contributed by atoms with Gasteiger partial charge in [-0.15, -0.1) is 0 Å². The summed E-state index contributed by atoms with van der Waals surface area (Å²) in [6.07, 6.45) is 1.48. The van der Waals surface area contributed by atoms with E-state index >= 15 is 0 Å². The molecule has 1 rings (SSSR count). The number of rotatable bonds is 6. The molecule has 0 aliphatic carbocycles. The van der Waals surface area contributed by atoms with Crippen molar-refractivity contribution in [1.29, 1.82) is 0 Å². The number of alkyl halides is 3. The molecule has 0 aliphatic heterocycles. The molecule has 0 saturated heterocycles. The summed E-state index contributed by atoms with van der Waals surface area (Å²) in [7, 11) is 3.20. The normalized spacial score (nSPS) is 12.1. The van der Waals surface area contributed by atoms with Gasteiger partial charge in [-0.25, -0.2) is 4.98 Å². The standard InChI is InChI=1S/C9H13F3N2OS2/c1-14-7(6-16-4-3-15-2)5-13-8(14)17-9(10,11)12/h5H,3-4,6H2,1-2H3. The summed E-state index contributed by atoms with van der Waals surface area (Å²) in [5, 5.41) is -0.0279. The molecule has 0 unspecified atom stereocenters. The predicted molar refractivity (Wildman–Crippen MR) is 63.2 cm³/mol. The van der Waals surface area contributed by atoms with Gasteiger partial charge in [0.15, 0.2) is 5.16 Å². The zero-order chi connectivity index (χ0) is 12.9. The molecule has 0 aliphatic rings. The summed E-state index contributed by atoms with van der Waals surface area (Å²) in [6, 6.07) is 0. The highest BCUT2D eigenvalue weighted by Gasteiger charge is 2.31. The minimum atomic E-state index is -4.29. The van der Waals surface area contributed by atoms with E-state index in [1.54, 1.807) is 25.9 Å². The van der Waals surface area contributed by atoms with Gasteiger partial charge in [0.05, 0.1) is 12.8 Å². The number of hydrogen-bond donors (Lipinski definition) is 0. The Morgan fingerprint density at radius 3 is 2.76 bits per heavy atom. The minimum Gasteiger partial charge on any atom is -0.384 e. The van der Waals surface area contributed by atoms with Gasteiger partial charge in [0, 0.05) is 43.1 Å². The summed E-state index contributed by atoms with van der Waals surface area (Å²) in [5.41, 5.74) is -3.52. The highest BCUT2D eigenvalue weighted by atomic mass is 32.2. The van der Waals surface area contributed by atoms with E-state index in [2.05, 4.69) is 4.98 Å². The molecule has 0 fully saturated rings. The molecule has 1 aromatic rings. The quantitative estimate of drug-likeness (QED) is 0.593. The largest absolute Gasteiger partial charge is 0.449 e. The number of ether oxygens (including phenoxy) is 1. The Labute approximate surface area is 106 Å². The fraction of sp³-hybridized carbons (Fsp3) is 0.667. The molecule has 3 nitrogen and oxygen atoms in total. The van der Waals surface area contributed by atoms with Gasteiger partial charge in [0.2, 0.25) is 0 Å². The van der Waals surface area contributed by atoms with Crippen LogP contribution in [0, 0.1) is 0 Å². The van der Waals surface area contributed by atoms with E-state index < -0.39 is 5.51 Å². The third-order valence-corrected chi connectivity index (χ3v) is 3.68. The van der Waals surface area contributed by atoms with Crippen molar-refractivity contribution in [3.8, 4) is 0 Å². The average Bonchev–Trinajstić information content (AvgIpc) is 2.54. The second-order valence-electron chi connectivity index (χ2n) is 3.18. The van der Waals surface area contributed by atoms with Crippen LogP contribution in [0.25, 0.3) is 0 Å². The molecule has 8 heteroatoms. The molecular formula is C9H13F3N2OS2. The molecule has 0 spiro atoms. The highest BCUT2D eigenvalue weighted by molar-refractivity contribution is 8.00. The van der Waals surface area contributed by atoms with E-state index in [4.69, 9.17) is 4.74 Å². The highest BCUT2D eigenvalue weighted by Crippen LogP contribution is 2.36. The average molecular weight is 286 g/mol. The second-order valence-corrected chi connectivity index (χ2v) is 5.32. The first-order valence-corrected chi connectivity index (χ1v) is 6.74. The van der Waals surface area contributed by atoms with E-state index in [1.165, 1.54) is 10.8 Å². The Hall–Kier alpha value is -0.340. The number of imidazole rings is 1. The number of nitrogens with zero attached hydrogens (tertiary/aromatic N) is 2. The monoisotopic (exact) mass is 286 g/mol. The lowest BCUT2D eigenvalue weighted by molar-refractivity contribution is -0.0331. The van der Waals surface area contributed by atoms with Crippen molar-refractivity contribution in [2.24, 2.45) is 7.05 Å². The Bertz CT molecular complexity index is 355. The van der Waals surface area contributed by atoms with Crippen LogP contribution in [0.2, 0.25) is 0 Å². The molecule has 0 N–H and O–H groups in total. The summed E-state index contributed by atoms with van der Waals surface area (Å²) in [4.78, 5) is 3.76. The molecule has 0 aromatic carbocycles. The molecule has 0 atom stereocenters. The maximum Gasteiger partial charge on any atom is 0.449 e. The lowest BCUT2D eigenvalue weighted by Gasteiger charge is -2.07. The molecule has 1 heterocycles. The molecule has 0 amide bonds. The van der Waals surface area contributed by atoms with Gasteiger partial charge < -0.3 is 9.30 Å². The van der Waals surface area contributed by atoms with Crippen molar-refractivity contribution in [3.63, 3.8) is 0 Å². The Morgan fingerprint density at radius 2 is 2.18 bits per heavy atom. The van der Waals surface area contributed by atoms with Crippen LogP contribution in [0.3, 0.4) is 0 Å². The molecular weight excluding hydrogens is 273 g/mol. The SMILES string of the molecule is COCCSCc1cnc(SC(F)(F)F)n1C. The van der Waals surface area contributed by atoms with Crippen LogP contribution in [0.5, 0.6) is 0 Å². The Balaban J connectivity index is 2.52. The number of hydrogen-bond acceptors (Lipinski definition) is 4. The molecule has 0 bridgehead atoms. The maximum atomic E-state index is 12.2. The van der Waals surface area contributed by atoms with Crippen molar-refractivity contribution in [2.75, 3.05) is 19.5 Å². The van der Waals surface area contributed by atoms with E-state index in [-0.39, 0.29) is 16.9 Å². The third-order valence-electron chi connectivity index (χ3n) is 1.93. The van der Waals surface area contributed by atoms with Crippen LogP contribution in [-0.4, -0.2) is 34.5 Å². The van der Waals surface area contributed by atoms with Crippen LogP contribution < -0.4 is 0 Å². The van der Waals surface area contributed by atoms with Crippen LogP contribution in [0.1, 0.15) is 5.69 Å². The Morgan fingerprint density at radius 1 is 1.47 bits per heavy atom. The molecule has 98 valence electrons. The second kappa shape index (κ2) is 6.55. The summed E-state index contributed by atoms with van der Waals surface area (Å²) in [6.45, 7) is 0.632. The van der Waals surface area contributed by atoms with Crippen molar-refractivity contribution >= 4 is 23.5 Å². The number of halogens is 3. The lowest BCUT2D eigenvalue weighted by atomic mass is 10.5. The van der Waals surface area contributed by atoms with Crippen LogP contribution in [0.15, 0.2) is 11.4 Å². The first-order chi connectivity index (χ1) is 7.94. The zero-order valence-corrected chi connectivity index (χ0v) is 11.1. The predicted octanol–water partition coefficient (Wildman–Crippen LogP) is 2.91. The first-order valence-electron chi connectivity index (χ1n) is 4.77. The fourth-order valence-corrected chi connectivity index (χ4v) is 2.55. The van der Waals surface area contributed by atoms with Crippen LogP contribution in [-0.2, 0) is 17.5 Å². The molecule has 0 radical (unpaired) electrons. The maximum absolute atomic E-state index is 12.2. The first kappa shape index (κ1) is 14.7. The number of thioether (sulfide) groups is 2. The van der Waals surface area contributed by atoms with Crippen molar-refractivity contribution < 1.29 is 17.9 Å². The van der Waals surface area contributed by atoms with Gasteiger partial charge in [0.1, 0.15) is 0 Å². The van der Waals surface area contributed by atoms with Crippen LogP contribution >= 0.6 is 23.5 Å². The minimum absolute atomic E-state index is 0.0279. The summed E-state index contributed by atoms with van der Waals surface area (Å²) < 4.78 is 42.9. The topological polar surface area (TPSA) is 27.1 Å². The van der Waals surface area contributed by atoms with Gasteiger partial charge in [-0.3, -0.25) is 0 Å². The van der Waals surface area contributed by atoms with Crippen molar-refractivity contribution in [1.82, 2.24) is 9.55 Å².